The second kappa shape index (κ2) is 6.07. The number of carbonyl (C=O) groups excluding carboxylic acids is 1. The molecule has 98 valence electrons. The first kappa shape index (κ1) is 14.6. The summed E-state index contributed by atoms with van der Waals surface area (Å²) in [5.74, 6) is -0.174. The van der Waals surface area contributed by atoms with Crippen LogP contribution in [0.4, 0.5) is 5.69 Å². The van der Waals surface area contributed by atoms with E-state index in [-0.39, 0.29) is 5.91 Å². The molecule has 2 rings (SSSR count). The van der Waals surface area contributed by atoms with Crippen LogP contribution in [0.5, 0.6) is 0 Å². The fraction of sp³-hybridized carbons (Fsp3) is 0.0714. The van der Waals surface area contributed by atoms with Crippen LogP contribution in [0.1, 0.15) is 15.9 Å². The van der Waals surface area contributed by atoms with Crippen LogP contribution in [-0.2, 0) is 0 Å². The number of benzene rings is 2. The van der Waals surface area contributed by atoms with E-state index in [4.69, 9.17) is 11.6 Å². The highest BCUT2D eigenvalue weighted by Crippen LogP contribution is 2.23. The first-order chi connectivity index (χ1) is 8.95. The number of amides is 1. The molecule has 0 aromatic heterocycles. The Labute approximate surface area is 133 Å². The van der Waals surface area contributed by atoms with Crippen LogP contribution in [-0.4, -0.2) is 5.91 Å². The molecule has 0 spiro atoms. The van der Waals surface area contributed by atoms with Gasteiger partial charge in [0.2, 0.25) is 0 Å². The lowest BCUT2D eigenvalue weighted by atomic mass is 10.1. The Morgan fingerprint density at radius 2 is 1.74 bits per heavy atom. The van der Waals surface area contributed by atoms with E-state index < -0.39 is 0 Å². The molecule has 0 radical (unpaired) electrons. The first-order valence-corrected chi connectivity index (χ1v) is 7.46. The van der Waals surface area contributed by atoms with Crippen LogP contribution in [0.2, 0.25) is 5.02 Å². The zero-order chi connectivity index (χ0) is 14.0. The van der Waals surface area contributed by atoms with Gasteiger partial charge in [-0.05, 0) is 42.8 Å². The Morgan fingerprint density at radius 3 is 2.37 bits per heavy atom. The number of halogens is 3. The third-order valence-electron chi connectivity index (χ3n) is 2.57. The van der Waals surface area contributed by atoms with Crippen molar-refractivity contribution in [2.75, 3.05) is 5.32 Å². The molecular weight excluding hydrogens is 393 g/mol. The normalized spacial score (nSPS) is 10.3. The molecule has 0 unspecified atom stereocenters. The smallest absolute Gasteiger partial charge is 0.255 e. The molecule has 0 fully saturated rings. The van der Waals surface area contributed by atoms with Gasteiger partial charge in [-0.1, -0.05) is 49.5 Å². The van der Waals surface area contributed by atoms with E-state index in [1.807, 2.05) is 19.1 Å². The summed E-state index contributed by atoms with van der Waals surface area (Å²) in [5, 5.41) is 3.45. The number of aryl methyl sites for hydroxylation is 1. The summed E-state index contributed by atoms with van der Waals surface area (Å²) >= 11 is 12.7. The lowest BCUT2D eigenvalue weighted by molar-refractivity contribution is 0.102. The molecule has 0 atom stereocenters. The Bertz CT molecular complexity index is 623. The van der Waals surface area contributed by atoms with E-state index >= 15 is 0 Å². The van der Waals surface area contributed by atoms with E-state index in [2.05, 4.69) is 37.2 Å². The molecule has 2 aromatic carbocycles. The number of hydrogen-bond donors (Lipinski definition) is 1. The zero-order valence-corrected chi connectivity index (χ0v) is 13.9. The largest absolute Gasteiger partial charge is 0.322 e. The molecular formula is C14H10Br2ClNO. The van der Waals surface area contributed by atoms with Gasteiger partial charge < -0.3 is 5.32 Å². The Kier molecular flexibility index (Phi) is 4.66. The summed E-state index contributed by atoms with van der Waals surface area (Å²) < 4.78 is 1.68. The van der Waals surface area contributed by atoms with Gasteiger partial charge in [-0.15, -0.1) is 0 Å². The lowest BCUT2D eigenvalue weighted by Crippen LogP contribution is -2.12. The predicted octanol–water partition coefficient (Wildman–Crippen LogP) is 5.43. The van der Waals surface area contributed by atoms with Crippen LogP contribution in [0.15, 0.2) is 45.3 Å². The van der Waals surface area contributed by atoms with Crippen LogP contribution in [0.3, 0.4) is 0 Å². The van der Waals surface area contributed by atoms with Crippen molar-refractivity contribution < 1.29 is 4.79 Å². The van der Waals surface area contributed by atoms with E-state index in [9.17, 15) is 4.79 Å². The molecule has 5 heteroatoms. The lowest BCUT2D eigenvalue weighted by Gasteiger charge is -2.09. The topological polar surface area (TPSA) is 29.1 Å². The van der Waals surface area contributed by atoms with Crippen molar-refractivity contribution >= 4 is 55.1 Å². The summed E-state index contributed by atoms with van der Waals surface area (Å²) in [5.41, 5.74) is 2.25. The van der Waals surface area contributed by atoms with Crippen molar-refractivity contribution in [3.8, 4) is 0 Å². The highest BCUT2D eigenvalue weighted by Gasteiger charge is 2.09. The van der Waals surface area contributed by atoms with Crippen molar-refractivity contribution in [3.63, 3.8) is 0 Å². The molecule has 0 bridgehead atoms. The van der Waals surface area contributed by atoms with Crippen molar-refractivity contribution in [3.05, 3.63) is 61.5 Å². The van der Waals surface area contributed by atoms with Crippen LogP contribution >= 0.6 is 43.5 Å². The number of anilines is 1. The maximum absolute atomic E-state index is 12.2. The summed E-state index contributed by atoms with van der Waals surface area (Å²) in [6.07, 6.45) is 0. The molecule has 1 amide bonds. The summed E-state index contributed by atoms with van der Waals surface area (Å²) in [6.45, 7) is 1.92. The molecule has 1 N–H and O–H groups in total. The molecule has 2 aromatic rings. The SMILES string of the molecule is Cc1ccc(Cl)cc1NC(=O)c1cc(Br)cc(Br)c1. The van der Waals surface area contributed by atoms with Crippen LogP contribution < -0.4 is 5.32 Å². The monoisotopic (exact) mass is 401 g/mol. The van der Waals surface area contributed by atoms with Crippen LogP contribution in [0, 0.1) is 6.92 Å². The third-order valence-corrected chi connectivity index (χ3v) is 3.72. The van der Waals surface area contributed by atoms with E-state index in [1.165, 1.54) is 0 Å². The highest BCUT2D eigenvalue weighted by atomic mass is 79.9. The standard InChI is InChI=1S/C14H10Br2ClNO/c1-8-2-3-12(17)7-13(8)18-14(19)9-4-10(15)6-11(16)5-9/h2-7H,1H3,(H,18,19). The fourth-order valence-corrected chi connectivity index (χ4v) is 3.07. The van der Waals surface area contributed by atoms with Crippen molar-refractivity contribution in [1.29, 1.82) is 0 Å². The average Bonchev–Trinajstić information content (AvgIpc) is 2.32. The molecule has 0 aliphatic heterocycles. The second-order valence-corrected chi connectivity index (χ2v) is 6.34. The number of rotatable bonds is 2. The minimum Gasteiger partial charge on any atom is -0.322 e. The third kappa shape index (κ3) is 3.81. The van der Waals surface area contributed by atoms with E-state index in [1.54, 1.807) is 24.3 Å². The molecule has 0 saturated carbocycles. The van der Waals surface area contributed by atoms with Gasteiger partial charge in [-0.25, -0.2) is 0 Å². The molecule has 2 nitrogen and oxygen atoms in total. The van der Waals surface area contributed by atoms with Gasteiger partial charge in [0.15, 0.2) is 0 Å². The Hall–Kier alpha value is -0.840. The van der Waals surface area contributed by atoms with Crippen LogP contribution in [0.25, 0.3) is 0 Å². The van der Waals surface area contributed by atoms with Crippen molar-refractivity contribution in [1.82, 2.24) is 0 Å². The minimum absolute atomic E-state index is 0.174. The van der Waals surface area contributed by atoms with Gasteiger partial charge in [0.1, 0.15) is 0 Å². The quantitative estimate of drug-likeness (QED) is 0.712. The second-order valence-electron chi connectivity index (χ2n) is 4.07. The average molecular weight is 404 g/mol. The maximum atomic E-state index is 12.2. The fourth-order valence-electron chi connectivity index (χ4n) is 1.61. The molecule has 0 aliphatic carbocycles. The van der Waals surface area contributed by atoms with Gasteiger partial charge in [0, 0.05) is 25.2 Å². The van der Waals surface area contributed by atoms with Gasteiger partial charge in [-0.3, -0.25) is 4.79 Å². The molecule has 0 heterocycles. The zero-order valence-electron chi connectivity index (χ0n) is 10.0. The van der Waals surface area contributed by atoms with Gasteiger partial charge in [-0.2, -0.15) is 0 Å². The number of nitrogens with one attached hydrogen (secondary N) is 1. The summed E-state index contributed by atoms with van der Waals surface area (Å²) in [6, 6.07) is 10.8. The van der Waals surface area contributed by atoms with E-state index in [0.29, 0.717) is 16.3 Å². The molecule has 19 heavy (non-hydrogen) atoms. The Balaban J connectivity index is 2.28. The predicted molar refractivity (Wildman–Crippen MR) is 86.0 cm³/mol. The maximum Gasteiger partial charge on any atom is 0.255 e. The molecule has 0 aliphatic rings. The number of carbonyl (C=O) groups is 1. The summed E-state index contributed by atoms with van der Waals surface area (Å²) in [4.78, 5) is 12.2. The van der Waals surface area contributed by atoms with Gasteiger partial charge in [0.05, 0.1) is 0 Å². The van der Waals surface area contributed by atoms with E-state index in [0.717, 1.165) is 14.5 Å². The van der Waals surface area contributed by atoms with Crippen molar-refractivity contribution in [2.24, 2.45) is 0 Å². The minimum atomic E-state index is -0.174. The summed E-state index contributed by atoms with van der Waals surface area (Å²) in [7, 11) is 0. The first-order valence-electron chi connectivity index (χ1n) is 5.49. The van der Waals surface area contributed by atoms with Gasteiger partial charge in [0.25, 0.3) is 5.91 Å². The van der Waals surface area contributed by atoms with Gasteiger partial charge >= 0.3 is 0 Å². The number of hydrogen-bond acceptors (Lipinski definition) is 1. The van der Waals surface area contributed by atoms with Crippen molar-refractivity contribution in [2.45, 2.75) is 6.92 Å². The highest BCUT2D eigenvalue weighted by molar-refractivity contribution is 9.11. The molecule has 0 saturated heterocycles. The Morgan fingerprint density at radius 1 is 1.11 bits per heavy atom.